The molecule has 0 bridgehead atoms. The van der Waals surface area contributed by atoms with Crippen molar-refractivity contribution in [1.29, 1.82) is 0 Å². The van der Waals surface area contributed by atoms with Gasteiger partial charge >= 0.3 is 5.97 Å². The molecule has 6 heteroatoms. The number of rotatable bonds is 1. The van der Waals surface area contributed by atoms with Gasteiger partial charge < -0.3 is 9.47 Å². The van der Waals surface area contributed by atoms with Crippen molar-refractivity contribution in [3.63, 3.8) is 0 Å². The second-order valence-electron chi connectivity index (χ2n) is 4.28. The lowest BCUT2D eigenvalue weighted by molar-refractivity contribution is -0.201. The molecule has 6 nitrogen and oxygen atoms in total. The van der Waals surface area contributed by atoms with Crippen LogP contribution in [0.4, 0.5) is 5.69 Å². The maximum atomic E-state index is 11.5. The minimum atomic E-state index is -0.765. The minimum Gasteiger partial charge on any atom is -0.465 e. The van der Waals surface area contributed by atoms with Gasteiger partial charge in [0.15, 0.2) is 0 Å². The van der Waals surface area contributed by atoms with Crippen molar-refractivity contribution in [3.05, 3.63) is 29.3 Å². The van der Waals surface area contributed by atoms with E-state index in [9.17, 15) is 4.79 Å². The molecule has 18 heavy (non-hydrogen) atoms. The van der Waals surface area contributed by atoms with Crippen LogP contribution >= 0.6 is 0 Å². The molecular formula is C12H14N2O4. The van der Waals surface area contributed by atoms with E-state index in [2.05, 4.69) is 5.32 Å². The van der Waals surface area contributed by atoms with Crippen LogP contribution in [-0.4, -0.2) is 33.4 Å². The lowest BCUT2D eigenvalue weighted by atomic mass is 10.0. The van der Waals surface area contributed by atoms with Gasteiger partial charge in [-0.1, -0.05) is 6.07 Å². The highest BCUT2D eigenvalue weighted by atomic mass is 16.8. The molecule has 3 rings (SSSR count). The zero-order valence-corrected chi connectivity index (χ0v) is 10.2. The van der Waals surface area contributed by atoms with Crippen molar-refractivity contribution in [2.24, 2.45) is 0 Å². The molecule has 0 amide bonds. The van der Waals surface area contributed by atoms with Crippen LogP contribution in [0, 0.1) is 0 Å². The van der Waals surface area contributed by atoms with E-state index in [0.29, 0.717) is 18.8 Å². The second-order valence-corrected chi connectivity index (χ2v) is 4.28. The van der Waals surface area contributed by atoms with Gasteiger partial charge in [-0.05, 0) is 12.1 Å². The molecule has 1 fully saturated rings. The maximum absolute atomic E-state index is 11.5. The molecular weight excluding hydrogens is 236 g/mol. The number of esters is 1. The lowest BCUT2D eigenvalue weighted by Gasteiger charge is -2.21. The van der Waals surface area contributed by atoms with Crippen molar-refractivity contribution in [2.75, 3.05) is 32.5 Å². The van der Waals surface area contributed by atoms with E-state index in [1.165, 1.54) is 7.11 Å². The van der Waals surface area contributed by atoms with E-state index in [1.54, 1.807) is 24.2 Å². The summed E-state index contributed by atoms with van der Waals surface area (Å²) < 4.78 is 10.3. The molecule has 1 unspecified atom stereocenters. The monoisotopic (exact) mass is 250 g/mol. The average molecular weight is 250 g/mol. The quantitative estimate of drug-likeness (QED) is 0.736. The molecule has 1 N–H and O–H groups in total. The predicted molar refractivity (Wildman–Crippen MR) is 62.9 cm³/mol. The summed E-state index contributed by atoms with van der Waals surface area (Å²) in [6.45, 7) is 1.04. The van der Waals surface area contributed by atoms with Crippen LogP contribution < -0.4 is 10.4 Å². The van der Waals surface area contributed by atoms with Crippen LogP contribution in [0.1, 0.15) is 15.9 Å². The number of nitrogens with zero attached hydrogens (tertiary/aromatic N) is 1. The first-order valence-electron chi connectivity index (χ1n) is 5.67. The van der Waals surface area contributed by atoms with Crippen molar-refractivity contribution in [2.45, 2.75) is 5.79 Å². The van der Waals surface area contributed by atoms with Gasteiger partial charge in [0.1, 0.15) is 6.73 Å². The fourth-order valence-corrected chi connectivity index (χ4v) is 2.34. The third-order valence-electron chi connectivity index (χ3n) is 3.22. The Bertz CT molecular complexity index is 497. The number of nitrogens with one attached hydrogen (secondary N) is 1. The zero-order valence-electron chi connectivity index (χ0n) is 10.2. The first kappa shape index (κ1) is 11.5. The lowest BCUT2D eigenvalue weighted by Crippen LogP contribution is -2.32. The molecule has 96 valence electrons. The maximum Gasteiger partial charge on any atom is 0.337 e. The second kappa shape index (κ2) is 3.94. The average Bonchev–Trinajstić information content (AvgIpc) is 2.96. The summed E-state index contributed by atoms with van der Waals surface area (Å²) in [5.74, 6) is -1.13. The van der Waals surface area contributed by atoms with Crippen molar-refractivity contribution >= 4 is 11.7 Å². The SMILES string of the molecule is COC(=O)c1ccc2c(c1)N(C)OC21CNCO1. The number of hydrogen-bond donors (Lipinski definition) is 1. The summed E-state index contributed by atoms with van der Waals surface area (Å²) in [4.78, 5) is 17.3. The highest BCUT2D eigenvalue weighted by Crippen LogP contribution is 2.43. The molecule has 2 aliphatic rings. The highest BCUT2D eigenvalue weighted by Gasteiger charge is 2.47. The molecule has 0 aliphatic carbocycles. The molecule has 0 aromatic heterocycles. The molecule has 1 spiro atoms. The largest absolute Gasteiger partial charge is 0.465 e. The fraction of sp³-hybridized carbons (Fsp3) is 0.417. The van der Waals surface area contributed by atoms with Gasteiger partial charge in [-0.3, -0.25) is 10.4 Å². The summed E-state index contributed by atoms with van der Waals surface area (Å²) in [5.41, 5.74) is 2.24. The Labute approximate surface area is 104 Å². The molecule has 1 aromatic carbocycles. The van der Waals surface area contributed by atoms with E-state index in [0.717, 1.165) is 11.3 Å². The highest BCUT2D eigenvalue weighted by molar-refractivity contribution is 5.91. The van der Waals surface area contributed by atoms with Crippen LogP contribution in [0.15, 0.2) is 18.2 Å². The number of carbonyl (C=O) groups is 1. The zero-order chi connectivity index (χ0) is 12.8. The normalized spacial score (nSPS) is 25.6. The third-order valence-corrected chi connectivity index (χ3v) is 3.22. The van der Waals surface area contributed by atoms with Gasteiger partial charge in [0, 0.05) is 12.6 Å². The Morgan fingerprint density at radius 2 is 2.39 bits per heavy atom. The summed E-state index contributed by atoms with van der Waals surface area (Å²) in [6.07, 6.45) is 0. The van der Waals surface area contributed by atoms with Crippen LogP contribution in [0.5, 0.6) is 0 Å². The Morgan fingerprint density at radius 1 is 1.56 bits per heavy atom. The van der Waals surface area contributed by atoms with Crippen molar-refractivity contribution < 1.29 is 19.1 Å². The minimum absolute atomic E-state index is 0.363. The van der Waals surface area contributed by atoms with Gasteiger partial charge in [0.25, 0.3) is 0 Å². The molecule has 1 saturated heterocycles. The first-order chi connectivity index (χ1) is 8.66. The summed E-state index contributed by atoms with van der Waals surface area (Å²) in [5, 5.41) is 4.72. The van der Waals surface area contributed by atoms with E-state index in [1.807, 2.05) is 6.07 Å². The standard InChI is InChI=1S/C12H14N2O4/c1-14-10-5-8(11(15)16-2)3-4-9(10)12(18-14)6-13-7-17-12/h3-5,13H,6-7H2,1-2H3. The molecule has 2 aliphatic heterocycles. The molecule has 1 aromatic rings. The summed E-state index contributed by atoms with van der Waals surface area (Å²) >= 11 is 0. The van der Waals surface area contributed by atoms with E-state index in [4.69, 9.17) is 14.3 Å². The van der Waals surface area contributed by atoms with Crippen LogP contribution in [0.2, 0.25) is 0 Å². The Morgan fingerprint density at radius 3 is 3.06 bits per heavy atom. The topological polar surface area (TPSA) is 60.0 Å². The van der Waals surface area contributed by atoms with E-state index < -0.39 is 5.79 Å². The van der Waals surface area contributed by atoms with Gasteiger partial charge in [-0.25, -0.2) is 9.63 Å². The number of anilines is 1. The molecule has 2 heterocycles. The smallest absolute Gasteiger partial charge is 0.337 e. The Hall–Kier alpha value is -1.63. The summed E-state index contributed by atoms with van der Waals surface area (Å²) in [7, 11) is 3.15. The Kier molecular flexibility index (Phi) is 2.51. The van der Waals surface area contributed by atoms with Gasteiger partial charge in [-0.2, -0.15) is 0 Å². The number of carbonyl (C=O) groups excluding carboxylic acids is 1. The Balaban J connectivity index is 2.05. The number of benzene rings is 1. The van der Waals surface area contributed by atoms with E-state index in [-0.39, 0.29) is 5.97 Å². The number of hydroxylamine groups is 1. The number of fused-ring (bicyclic) bond motifs is 2. The predicted octanol–water partition coefficient (Wildman–Crippen LogP) is 0.585. The fourth-order valence-electron chi connectivity index (χ4n) is 2.34. The molecule has 0 saturated carbocycles. The molecule has 0 radical (unpaired) electrons. The summed E-state index contributed by atoms with van der Waals surface area (Å²) in [6, 6.07) is 5.31. The van der Waals surface area contributed by atoms with Gasteiger partial charge in [0.2, 0.25) is 5.79 Å². The number of hydrogen-bond acceptors (Lipinski definition) is 6. The van der Waals surface area contributed by atoms with Crippen LogP contribution in [0.25, 0.3) is 0 Å². The van der Waals surface area contributed by atoms with Gasteiger partial charge in [-0.15, -0.1) is 0 Å². The van der Waals surface area contributed by atoms with Crippen LogP contribution in [-0.2, 0) is 20.1 Å². The van der Waals surface area contributed by atoms with Crippen LogP contribution in [0.3, 0.4) is 0 Å². The number of ether oxygens (including phenoxy) is 2. The first-order valence-corrected chi connectivity index (χ1v) is 5.67. The van der Waals surface area contributed by atoms with Crippen molar-refractivity contribution in [3.8, 4) is 0 Å². The number of methoxy groups -OCH3 is 1. The molecule has 1 atom stereocenters. The van der Waals surface area contributed by atoms with Crippen molar-refractivity contribution in [1.82, 2.24) is 5.32 Å². The van der Waals surface area contributed by atoms with Gasteiger partial charge in [0.05, 0.1) is 24.9 Å². The van der Waals surface area contributed by atoms with E-state index >= 15 is 0 Å². The third kappa shape index (κ3) is 1.50.